The van der Waals surface area contributed by atoms with Crippen molar-refractivity contribution in [3.63, 3.8) is 0 Å². The number of hydrogen-bond acceptors (Lipinski definition) is 2. The molecular weight excluding hydrogens is 439 g/mol. The van der Waals surface area contributed by atoms with Crippen molar-refractivity contribution in [1.82, 2.24) is 19.8 Å². The monoisotopic (exact) mass is 461 g/mol. The molecule has 2 heterocycles. The summed E-state index contributed by atoms with van der Waals surface area (Å²) in [5, 5.41) is 3.14. The van der Waals surface area contributed by atoms with E-state index in [4.69, 9.17) is 0 Å². The van der Waals surface area contributed by atoms with Gasteiger partial charge in [0.25, 0.3) is 0 Å². The minimum Gasteiger partial charge on any atom is -0.349 e. The first-order chi connectivity index (χ1) is 11.7. The number of nitrogens with one attached hydrogen (secondary N) is 1. The van der Waals surface area contributed by atoms with Crippen LogP contribution >= 0.6 is 24.0 Å². The summed E-state index contributed by atoms with van der Waals surface area (Å²) in [5.74, 6) is 1.48. The van der Waals surface area contributed by atoms with E-state index >= 15 is 0 Å². The van der Waals surface area contributed by atoms with E-state index < -0.39 is 6.55 Å². The predicted molar refractivity (Wildman–Crippen MR) is 104 cm³/mol. The van der Waals surface area contributed by atoms with Crippen LogP contribution in [0.25, 0.3) is 0 Å². The van der Waals surface area contributed by atoms with E-state index in [0.717, 1.165) is 30.0 Å². The first-order valence-corrected chi connectivity index (χ1v) is 7.99. The van der Waals surface area contributed by atoms with Crippen molar-refractivity contribution >= 4 is 29.9 Å². The van der Waals surface area contributed by atoms with Gasteiger partial charge < -0.3 is 10.2 Å². The molecule has 1 aromatic carbocycles. The molecule has 3 rings (SSSR count). The van der Waals surface area contributed by atoms with Crippen molar-refractivity contribution < 1.29 is 8.78 Å². The Hall–Kier alpha value is -1.71. The highest BCUT2D eigenvalue weighted by atomic mass is 127. The molecule has 5 nitrogen and oxygen atoms in total. The van der Waals surface area contributed by atoms with Crippen LogP contribution in [-0.4, -0.2) is 40.5 Å². The van der Waals surface area contributed by atoms with Crippen LogP contribution in [0.3, 0.4) is 0 Å². The second-order valence-corrected chi connectivity index (χ2v) is 5.77. The normalized spacial score (nSPS) is 17.7. The number of likely N-dealkylation sites (tertiary alicyclic amines) is 1. The van der Waals surface area contributed by atoms with Crippen molar-refractivity contribution in [3.05, 3.63) is 54.1 Å². The van der Waals surface area contributed by atoms with Crippen LogP contribution in [-0.2, 0) is 6.54 Å². The summed E-state index contributed by atoms with van der Waals surface area (Å²) in [7, 11) is 1.71. The van der Waals surface area contributed by atoms with Crippen molar-refractivity contribution in [2.75, 3.05) is 20.1 Å². The molecule has 136 valence electrons. The molecule has 0 amide bonds. The fourth-order valence-corrected chi connectivity index (χ4v) is 3.10. The fraction of sp³-hybridized carbons (Fsp3) is 0.412. The molecule has 25 heavy (non-hydrogen) atoms. The van der Waals surface area contributed by atoms with Crippen LogP contribution in [0.2, 0.25) is 0 Å². The van der Waals surface area contributed by atoms with Crippen LogP contribution < -0.4 is 5.32 Å². The largest absolute Gasteiger partial charge is 0.349 e. The molecule has 0 radical (unpaired) electrons. The molecule has 0 spiro atoms. The third kappa shape index (κ3) is 4.68. The second kappa shape index (κ2) is 9.12. The molecule has 2 aromatic rings. The van der Waals surface area contributed by atoms with Gasteiger partial charge in [0.2, 0.25) is 0 Å². The zero-order valence-electron chi connectivity index (χ0n) is 14.0. The molecule has 1 aliphatic heterocycles. The van der Waals surface area contributed by atoms with Crippen molar-refractivity contribution in [2.45, 2.75) is 25.4 Å². The highest BCUT2D eigenvalue weighted by Gasteiger charge is 2.26. The third-order valence-electron chi connectivity index (χ3n) is 4.33. The van der Waals surface area contributed by atoms with Gasteiger partial charge in [-0.2, -0.15) is 8.78 Å². The van der Waals surface area contributed by atoms with Gasteiger partial charge >= 0.3 is 6.55 Å². The first kappa shape index (κ1) is 19.6. The standard InChI is InChI=1S/C17H21F2N5.HI/c1-20-17(22-11-15-21-8-10-24(15)16(18)19)23-9-7-14(12-23)13-5-3-2-4-6-13;/h2-6,8,10,14,16H,7,9,11-12H2,1H3,(H,20,22);1H. The number of guanidine groups is 1. The van der Waals surface area contributed by atoms with Gasteiger partial charge in [0.05, 0.1) is 6.54 Å². The lowest BCUT2D eigenvalue weighted by atomic mass is 9.99. The Kier molecular flexibility index (Phi) is 7.15. The zero-order valence-corrected chi connectivity index (χ0v) is 16.3. The fourth-order valence-electron chi connectivity index (χ4n) is 3.10. The van der Waals surface area contributed by atoms with Crippen molar-refractivity contribution in [2.24, 2.45) is 4.99 Å². The van der Waals surface area contributed by atoms with E-state index in [0.29, 0.717) is 11.7 Å². The average molecular weight is 461 g/mol. The smallest absolute Gasteiger partial charge is 0.319 e. The summed E-state index contributed by atoms with van der Waals surface area (Å²) in [5.41, 5.74) is 1.32. The maximum Gasteiger partial charge on any atom is 0.319 e. The summed E-state index contributed by atoms with van der Waals surface area (Å²) in [4.78, 5) is 10.4. The highest BCUT2D eigenvalue weighted by Crippen LogP contribution is 2.26. The van der Waals surface area contributed by atoms with Crippen molar-refractivity contribution in [1.29, 1.82) is 0 Å². The Morgan fingerprint density at radius 1 is 1.36 bits per heavy atom. The molecule has 0 bridgehead atoms. The van der Waals surface area contributed by atoms with Gasteiger partial charge in [-0.3, -0.25) is 9.56 Å². The Morgan fingerprint density at radius 2 is 2.12 bits per heavy atom. The number of alkyl halides is 2. The zero-order chi connectivity index (χ0) is 16.9. The molecule has 0 saturated carbocycles. The maximum absolute atomic E-state index is 12.9. The second-order valence-electron chi connectivity index (χ2n) is 5.77. The Labute approximate surface area is 163 Å². The minimum atomic E-state index is -2.58. The summed E-state index contributed by atoms with van der Waals surface area (Å²) >= 11 is 0. The van der Waals surface area contributed by atoms with E-state index in [1.54, 1.807) is 7.05 Å². The summed E-state index contributed by atoms with van der Waals surface area (Å²) < 4.78 is 26.6. The summed E-state index contributed by atoms with van der Waals surface area (Å²) in [6.07, 6.45) is 3.72. The lowest BCUT2D eigenvalue weighted by Crippen LogP contribution is -2.40. The molecule has 1 aliphatic rings. The third-order valence-corrected chi connectivity index (χ3v) is 4.33. The maximum atomic E-state index is 12.9. The van der Waals surface area contributed by atoms with Gasteiger partial charge in [-0.1, -0.05) is 30.3 Å². The molecule has 1 unspecified atom stereocenters. The van der Waals surface area contributed by atoms with Gasteiger partial charge in [0.15, 0.2) is 5.96 Å². The van der Waals surface area contributed by atoms with E-state index in [1.807, 2.05) is 6.07 Å². The molecule has 1 aromatic heterocycles. The average Bonchev–Trinajstić information content (AvgIpc) is 3.26. The number of aromatic nitrogens is 2. The molecule has 1 fully saturated rings. The first-order valence-electron chi connectivity index (χ1n) is 7.99. The van der Waals surface area contributed by atoms with Crippen LogP contribution in [0.5, 0.6) is 0 Å². The van der Waals surface area contributed by atoms with Gasteiger partial charge in [-0.15, -0.1) is 24.0 Å². The molecule has 1 atom stereocenters. The van der Waals surface area contributed by atoms with Gasteiger partial charge in [0.1, 0.15) is 5.82 Å². The number of imidazole rings is 1. The summed E-state index contributed by atoms with van der Waals surface area (Å²) in [6.45, 7) is -0.605. The minimum absolute atomic E-state index is 0. The Bertz CT molecular complexity index is 689. The van der Waals surface area contributed by atoms with Crippen LogP contribution in [0.4, 0.5) is 8.78 Å². The van der Waals surface area contributed by atoms with E-state index in [1.165, 1.54) is 18.0 Å². The number of rotatable bonds is 4. The van der Waals surface area contributed by atoms with E-state index in [2.05, 4.69) is 44.5 Å². The number of hydrogen-bond donors (Lipinski definition) is 1. The van der Waals surface area contributed by atoms with Crippen molar-refractivity contribution in [3.8, 4) is 0 Å². The van der Waals surface area contributed by atoms with Crippen LogP contribution in [0.1, 0.15) is 30.3 Å². The van der Waals surface area contributed by atoms with Crippen LogP contribution in [0, 0.1) is 0 Å². The highest BCUT2D eigenvalue weighted by molar-refractivity contribution is 14.0. The number of benzene rings is 1. The number of nitrogens with zero attached hydrogens (tertiary/aromatic N) is 4. The van der Waals surface area contributed by atoms with Gasteiger partial charge in [0, 0.05) is 38.4 Å². The predicted octanol–water partition coefficient (Wildman–Crippen LogP) is 3.46. The van der Waals surface area contributed by atoms with Gasteiger partial charge in [-0.25, -0.2) is 4.98 Å². The molecule has 1 N–H and O–H groups in total. The van der Waals surface area contributed by atoms with Gasteiger partial charge in [-0.05, 0) is 12.0 Å². The number of aliphatic imine (C=N–C) groups is 1. The molecule has 0 aliphatic carbocycles. The topological polar surface area (TPSA) is 45.5 Å². The SMILES string of the molecule is CN=C(NCc1nccn1C(F)F)N1CCC(c2ccccc2)C1.I. The lowest BCUT2D eigenvalue weighted by Gasteiger charge is -2.22. The molecule has 8 heteroatoms. The Balaban J connectivity index is 0.00000225. The van der Waals surface area contributed by atoms with E-state index in [9.17, 15) is 8.78 Å². The summed E-state index contributed by atoms with van der Waals surface area (Å²) in [6, 6.07) is 10.4. The molecular formula is C17H22F2IN5. The number of halogens is 3. The Morgan fingerprint density at radius 3 is 2.80 bits per heavy atom. The molecule has 1 saturated heterocycles. The quantitative estimate of drug-likeness (QED) is 0.431. The van der Waals surface area contributed by atoms with E-state index in [-0.39, 0.29) is 30.5 Å². The lowest BCUT2D eigenvalue weighted by molar-refractivity contribution is 0.0668. The van der Waals surface area contributed by atoms with Crippen LogP contribution in [0.15, 0.2) is 47.7 Å².